The summed E-state index contributed by atoms with van der Waals surface area (Å²) in [7, 11) is 0. The first-order valence-electron chi connectivity index (χ1n) is 5.79. The van der Waals surface area contributed by atoms with Crippen molar-refractivity contribution in [2.75, 3.05) is 13.1 Å². The summed E-state index contributed by atoms with van der Waals surface area (Å²) in [6.07, 6.45) is -4.32. The lowest BCUT2D eigenvalue weighted by atomic mass is 10.1. The molecule has 17 heavy (non-hydrogen) atoms. The Hall–Kier alpha value is -0.780. The van der Waals surface area contributed by atoms with Crippen LogP contribution in [0.4, 0.5) is 13.2 Å². The second-order valence-corrected chi connectivity index (χ2v) is 4.13. The van der Waals surface area contributed by atoms with Gasteiger partial charge in [0.25, 0.3) is 0 Å². The minimum Gasteiger partial charge on any atom is -0.481 e. The van der Waals surface area contributed by atoms with E-state index in [9.17, 15) is 18.0 Å². The zero-order chi connectivity index (χ0) is 13.5. The summed E-state index contributed by atoms with van der Waals surface area (Å²) in [5, 5.41) is 8.55. The first kappa shape index (κ1) is 16.2. The van der Waals surface area contributed by atoms with Crippen molar-refractivity contribution in [3.8, 4) is 0 Å². The molecule has 0 amide bonds. The maximum absolute atomic E-state index is 12.0. The Kier molecular flexibility index (Phi) is 7.18. The number of rotatable bonds is 8. The molecule has 0 radical (unpaired) electrons. The molecule has 0 heterocycles. The van der Waals surface area contributed by atoms with E-state index in [-0.39, 0.29) is 18.9 Å². The van der Waals surface area contributed by atoms with Crippen molar-refractivity contribution in [3.05, 3.63) is 0 Å². The van der Waals surface area contributed by atoms with Crippen molar-refractivity contribution in [2.45, 2.75) is 51.7 Å². The van der Waals surface area contributed by atoms with Crippen molar-refractivity contribution >= 4 is 5.97 Å². The molecule has 0 saturated heterocycles. The van der Waals surface area contributed by atoms with Crippen molar-refractivity contribution < 1.29 is 23.1 Å². The standard InChI is InChI=1S/C11H20F3NO2/c1-3-15(8-6-10(16)17)9(2)5-4-7-11(12,13)14/h9H,3-8H2,1-2H3,(H,16,17). The van der Waals surface area contributed by atoms with E-state index >= 15 is 0 Å². The number of hydrogen-bond acceptors (Lipinski definition) is 2. The highest BCUT2D eigenvalue weighted by Crippen LogP contribution is 2.23. The lowest BCUT2D eigenvalue weighted by Gasteiger charge is -2.27. The molecule has 0 aromatic heterocycles. The zero-order valence-electron chi connectivity index (χ0n) is 10.3. The number of halogens is 3. The van der Waals surface area contributed by atoms with Gasteiger partial charge in [-0.3, -0.25) is 4.79 Å². The maximum atomic E-state index is 12.0. The second kappa shape index (κ2) is 7.53. The fourth-order valence-corrected chi connectivity index (χ4v) is 1.71. The molecule has 0 saturated carbocycles. The van der Waals surface area contributed by atoms with Crippen molar-refractivity contribution in [2.24, 2.45) is 0 Å². The van der Waals surface area contributed by atoms with Crippen LogP contribution in [0, 0.1) is 0 Å². The van der Waals surface area contributed by atoms with Crippen LogP contribution in [0.1, 0.15) is 39.5 Å². The zero-order valence-corrected chi connectivity index (χ0v) is 10.3. The van der Waals surface area contributed by atoms with Crippen LogP contribution >= 0.6 is 0 Å². The molecule has 0 aromatic carbocycles. The van der Waals surface area contributed by atoms with Gasteiger partial charge in [-0.2, -0.15) is 13.2 Å². The molecule has 1 atom stereocenters. The second-order valence-electron chi connectivity index (χ2n) is 4.13. The van der Waals surface area contributed by atoms with Gasteiger partial charge in [0.2, 0.25) is 0 Å². The largest absolute Gasteiger partial charge is 0.481 e. The van der Waals surface area contributed by atoms with E-state index in [4.69, 9.17) is 5.11 Å². The fraction of sp³-hybridized carbons (Fsp3) is 0.909. The molecule has 0 spiro atoms. The molecule has 1 N–H and O–H groups in total. The first-order chi connectivity index (χ1) is 7.76. The lowest BCUT2D eigenvalue weighted by Crippen LogP contribution is -2.34. The molecule has 0 aliphatic rings. The van der Waals surface area contributed by atoms with Crippen LogP contribution < -0.4 is 0 Å². The summed E-state index contributed by atoms with van der Waals surface area (Å²) in [6, 6.07) is -0.0123. The number of alkyl halides is 3. The van der Waals surface area contributed by atoms with Gasteiger partial charge in [-0.15, -0.1) is 0 Å². The summed E-state index contributed by atoms with van der Waals surface area (Å²) in [4.78, 5) is 12.3. The molecule has 0 aliphatic carbocycles. The Balaban J connectivity index is 3.91. The predicted molar refractivity (Wildman–Crippen MR) is 58.9 cm³/mol. The van der Waals surface area contributed by atoms with Crippen LogP contribution in [-0.2, 0) is 4.79 Å². The molecular weight excluding hydrogens is 235 g/mol. The van der Waals surface area contributed by atoms with Crippen LogP contribution in [0.3, 0.4) is 0 Å². The number of carbonyl (C=O) groups is 1. The summed E-state index contributed by atoms with van der Waals surface area (Å²) in [6.45, 7) is 4.75. The summed E-state index contributed by atoms with van der Waals surface area (Å²) in [5.41, 5.74) is 0. The molecule has 6 heteroatoms. The van der Waals surface area contributed by atoms with Crippen LogP contribution in [0.5, 0.6) is 0 Å². The predicted octanol–water partition coefficient (Wildman–Crippen LogP) is 2.90. The minimum absolute atomic E-state index is 0.0123. The van der Waals surface area contributed by atoms with E-state index in [1.165, 1.54) is 0 Å². The average molecular weight is 255 g/mol. The molecule has 0 aromatic rings. The SMILES string of the molecule is CCN(CCC(=O)O)C(C)CCCC(F)(F)F. The molecule has 3 nitrogen and oxygen atoms in total. The quantitative estimate of drug-likeness (QED) is 0.725. The molecule has 1 unspecified atom stereocenters. The van der Waals surface area contributed by atoms with Gasteiger partial charge < -0.3 is 10.0 Å². The van der Waals surface area contributed by atoms with E-state index in [2.05, 4.69) is 0 Å². The van der Waals surface area contributed by atoms with Crippen molar-refractivity contribution in [1.82, 2.24) is 4.90 Å². The Morgan fingerprint density at radius 1 is 1.41 bits per heavy atom. The highest BCUT2D eigenvalue weighted by atomic mass is 19.4. The third kappa shape index (κ3) is 8.97. The topological polar surface area (TPSA) is 40.5 Å². The number of carboxylic acids is 1. The van der Waals surface area contributed by atoms with E-state index in [1.807, 2.05) is 18.7 Å². The van der Waals surface area contributed by atoms with Gasteiger partial charge in [0.1, 0.15) is 0 Å². The van der Waals surface area contributed by atoms with Crippen LogP contribution in [0.25, 0.3) is 0 Å². The van der Waals surface area contributed by atoms with E-state index < -0.39 is 18.6 Å². The highest BCUT2D eigenvalue weighted by Gasteiger charge is 2.26. The molecule has 0 rings (SSSR count). The lowest BCUT2D eigenvalue weighted by molar-refractivity contribution is -0.137. The Bertz CT molecular complexity index is 231. The number of nitrogens with zero attached hydrogens (tertiary/aromatic N) is 1. The Morgan fingerprint density at radius 2 is 2.00 bits per heavy atom. The summed E-state index contributed by atoms with van der Waals surface area (Å²) in [5.74, 6) is -0.883. The van der Waals surface area contributed by atoms with Crippen molar-refractivity contribution in [3.63, 3.8) is 0 Å². The van der Waals surface area contributed by atoms with Crippen molar-refractivity contribution in [1.29, 1.82) is 0 Å². The third-order valence-corrected chi connectivity index (χ3v) is 2.72. The van der Waals surface area contributed by atoms with Crippen LogP contribution in [0.15, 0.2) is 0 Å². The van der Waals surface area contributed by atoms with Gasteiger partial charge in [0.15, 0.2) is 0 Å². The number of hydrogen-bond donors (Lipinski definition) is 1. The van der Waals surface area contributed by atoms with Gasteiger partial charge in [-0.1, -0.05) is 6.92 Å². The molecule has 0 aliphatic heterocycles. The first-order valence-corrected chi connectivity index (χ1v) is 5.79. The Morgan fingerprint density at radius 3 is 2.41 bits per heavy atom. The summed E-state index contributed by atoms with van der Waals surface area (Å²) >= 11 is 0. The highest BCUT2D eigenvalue weighted by molar-refractivity contribution is 5.66. The van der Waals surface area contributed by atoms with E-state index in [0.29, 0.717) is 19.5 Å². The summed E-state index contributed by atoms with van der Waals surface area (Å²) < 4.78 is 35.9. The molecule has 0 fully saturated rings. The molecule has 0 bridgehead atoms. The number of carboxylic acid groups (broad SMARTS) is 1. The van der Waals surface area contributed by atoms with Gasteiger partial charge in [0, 0.05) is 19.0 Å². The third-order valence-electron chi connectivity index (χ3n) is 2.72. The Labute approximate surface area is 99.6 Å². The van der Waals surface area contributed by atoms with E-state index in [0.717, 1.165) is 0 Å². The molecule has 102 valence electrons. The van der Waals surface area contributed by atoms with Gasteiger partial charge in [0.05, 0.1) is 6.42 Å². The fourth-order valence-electron chi connectivity index (χ4n) is 1.71. The van der Waals surface area contributed by atoms with Gasteiger partial charge in [-0.05, 0) is 26.3 Å². The number of aliphatic carboxylic acids is 1. The molecular formula is C11H20F3NO2. The normalized spacial score (nSPS) is 14.0. The maximum Gasteiger partial charge on any atom is 0.389 e. The van der Waals surface area contributed by atoms with Gasteiger partial charge in [-0.25, -0.2) is 0 Å². The average Bonchev–Trinajstić information content (AvgIpc) is 2.16. The van der Waals surface area contributed by atoms with Crippen LogP contribution in [0.2, 0.25) is 0 Å². The smallest absolute Gasteiger partial charge is 0.389 e. The monoisotopic (exact) mass is 255 g/mol. The minimum atomic E-state index is -4.10. The van der Waals surface area contributed by atoms with Gasteiger partial charge >= 0.3 is 12.1 Å². The van der Waals surface area contributed by atoms with E-state index in [1.54, 1.807) is 0 Å². The van der Waals surface area contributed by atoms with Crippen LogP contribution in [-0.4, -0.2) is 41.3 Å².